The largest absolute Gasteiger partial charge is 0.377 e. The van der Waals surface area contributed by atoms with E-state index in [9.17, 15) is 9.90 Å². The second kappa shape index (κ2) is 4.49. The molecule has 10 atom stereocenters. The first kappa shape index (κ1) is 15.9. The van der Waals surface area contributed by atoms with Gasteiger partial charge in [0.15, 0.2) is 5.78 Å². The third kappa shape index (κ3) is 1.57. The molecule has 0 bridgehead atoms. The monoisotopic (exact) mass is 350 g/mol. The Labute approximate surface area is 156 Å². The molecule has 138 valence electrons. The average molecular weight is 351 g/mol. The van der Waals surface area contributed by atoms with Crippen molar-refractivity contribution in [2.45, 2.75) is 64.9 Å². The number of hydrogen-bond acceptors (Lipinski definition) is 2. The van der Waals surface area contributed by atoms with Crippen LogP contribution in [0.25, 0.3) is 0 Å². The van der Waals surface area contributed by atoms with Crippen molar-refractivity contribution in [3.63, 3.8) is 0 Å². The van der Waals surface area contributed by atoms with Gasteiger partial charge >= 0.3 is 0 Å². The summed E-state index contributed by atoms with van der Waals surface area (Å²) in [7, 11) is 0. The molecule has 6 aliphatic carbocycles. The molecule has 0 aromatic heterocycles. The van der Waals surface area contributed by atoms with Gasteiger partial charge in [-0.05, 0) is 86.0 Å². The Hall–Kier alpha value is -1.07. The first-order valence-corrected chi connectivity index (χ1v) is 10.8. The number of allylic oxidation sites excluding steroid dienone is 1. The van der Waals surface area contributed by atoms with Gasteiger partial charge in [0.05, 0.1) is 0 Å². The fourth-order valence-electron chi connectivity index (χ4n) is 8.81. The fraction of sp³-hybridized carbons (Fsp3) is 0.792. The lowest BCUT2D eigenvalue weighted by Gasteiger charge is -2.59. The van der Waals surface area contributed by atoms with Crippen LogP contribution in [-0.4, -0.2) is 16.5 Å². The third-order valence-corrected chi connectivity index (χ3v) is 10.0. The summed E-state index contributed by atoms with van der Waals surface area (Å²) in [5.74, 6) is 11.4. The minimum absolute atomic E-state index is 0.0278. The Morgan fingerprint density at radius 2 is 1.96 bits per heavy atom. The highest BCUT2D eigenvalue weighted by Gasteiger charge is 2.78. The Morgan fingerprint density at radius 3 is 2.73 bits per heavy atom. The number of fused-ring (bicyclic) bond motifs is 10. The second-order valence-corrected chi connectivity index (χ2v) is 10.8. The van der Waals surface area contributed by atoms with Gasteiger partial charge in [-0.25, -0.2) is 0 Å². The molecule has 5 saturated carbocycles. The van der Waals surface area contributed by atoms with E-state index >= 15 is 0 Å². The molecule has 0 aromatic carbocycles. The zero-order valence-electron chi connectivity index (χ0n) is 16.2. The van der Waals surface area contributed by atoms with Gasteiger partial charge in [0.1, 0.15) is 5.60 Å². The SMILES string of the molecule is CC#CC1(O)C2CC2C2C3C4CC4C4=CC(=O)CCC4(C)C3CCC21C. The zero-order chi connectivity index (χ0) is 18.1. The normalized spacial score (nSPS) is 61.0. The van der Waals surface area contributed by atoms with E-state index < -0.39 is 5.60 Å². The lowest BCUT2D eigenvalue weighted by atomic mass is 9.45. The van der Waals surface area contributed by atoms with Gasteiger partial charge < -0.3 is 5.11 Å². The van der Waals surface area contributed by atoms with Crippen LogP contribution in [0.2, 0.25) is 0 Å². The number of carbonyl (C=O) groups excluding carboxylic acids is 1. The Kier molecular flexibility index (Phi) is 2.75. The molecule has 0 aromatic rings. The van der Waals surface area contributed by atoms with Gasteiger partial charge in [0.25, 0.3) is 0 Å². The van der Waals surface area contributed by atoms with Crippen molar-refractivity contribution in [3.05, 3.63) is 11.6 Å². The topological polar surface area (TPSA) is 37.3 Å². The van der Waals surface area contributed by atoms with Crippen LogP contribution in [-0.2, 0) is 4.79 Å². The van der Waals surface area contributed by atoms with E-state index in [1.807, 2.05) is 13.0 Å². The number of rotatable bonds is 0. The van der Waals surface area contributed by atoms with E-state index in [2.05, 4.69) is 25.7 Å². The molecule has 1 N–H and O–H groups in total. The van der Waals surface area contributed by atoms with E-state index in [0.29, 0.717) is 35.4 Å². The quantitative estimate of drug-likeness (QED) is 0.671. The molecule has 0 saturated heterocycles. The molecule has 2 heteroatoms. The summed E-state index contributed by atoms with van der Waals surface area (Å²) in [6.45, 7) is 6.71. The Balaban J connectivity index is 1.46. The molecule has 0 radical (unpaired) electrons. The summed E-state index contributed by atoms with van der Waals surface area (Å²) in [4.78, 5) is 12.1. The van der Waals surface area contributed by atoms with Gasteiger partial charge in [0, 0.05) is 17.8 Å². The van der Waals surface area contributed by atoms with Crippen molar-refractivity contribution in [3.8, 4) is 11.8 Å². The fourth-order valence-corrected chi connectivity index (χ4v) is 8.81. The van der Waals surface area contributed by atoms with E-state index in [4.69, 9.17) is 0 Å². The van der Waals surface area contributed by atoms with Crippen molar-refractivity contribution in [2.24, 2.45) is 52.3 Å². The molecular formula is C24H30O2. The lowest BCUT2D eigenvalue weighted by Crippen LogP contribution is -2.57. The molecule has 0 spiro atoms. The summed E-state index contributed by atoms with van der Waals surface area (Å²) in [5, 5.41) is 11.6. The minimum atomic E-state index is -0.758. The molecule has 10 unspecified atom stereocenters. The minimum Gasteiger partial charge on any atom is -0.377 e. The van der Waals surface area contributed by atoms with Gasteiger partial charge in [-0.2, -0.15) is 0 Å². The van der Waals surface area contributed by atoms with Gasteiger partial charge in [-0.1, -0.05) is 25.3 Å². The number of hydrogen-bond donors (Lipinski definition) is 1. The lowest BCUT2D eigenvalue weighted by molar-refractivity contribution is -0.127. The van der Waals surface area contributed by atoms with E-state index in [0.717, 1.165) is 31.1 Å². The molecule has 2 nitrogen and oxygen atoms in total. The molecule has 0 heterocycles. The van der Waals surface area contributed by atoms with Crippen LogP contribution < -0.4 is 0 Å². The van der Waals surface area contributed by atoms with Gasteiger partial charge in [-0.3, -0.25) is 4.79 Å². The molecular weight excluding hydrogens is 320 g/mol. The van der Waals surface area contributed by atoms with Gasteiger partial charge in [-0.15, -0.1) is 5.92 Å². The molecule has 5 fully saturated rings. The summed E-state index contributed by atoms with van der Waals surface area (Å²) in [6, 6.07) is 0. The van der Waals surface area contributed by atoms with Crippen LogP contribution in [0.15, 0.2) is 11.6 Å². The zero-order valence-corrected chi connectivity index (χ0v) is 16.2. The first-order valence-electron chi connectivity index (χ1n) is 10.8. The van der Waals surface area contributed by atoms with Crippen LogP contribution in [0.5, 0.6) is 0 Å². The van der Waals surface area contributed by atoms with Crippen molar-refractivity contribution in [1.29, 1.82) is 0 Å². The second-order valence-electron chi connectivity index (χ2n) is 10.8. The van der Waals surface area contributed by atoms with E-state index in [1.54, 1.807) is 0 Å². The predicted octanol–water partition coefficient (Wildman–Crippen LogP) is 3.98. The Bertz CT molecular complexity index is 814. The highest BCUT2D eigenvalue weighted by atomic mass is 16.3. The van der Waals surface area contributed by atoms with Crippen molar-refractivity contribution < 1.29 is 9.90 Å². The maximum Gasteiger partial charge on any atom is 0.155 e. The van der Waals surface area contributed by atoms with Crippen LogP contribution >= 0.6 is 0 Å². The average Bonchev–Trinajstić information content (AvgIpc) is 3.49. The smallest absolute Gasteiger partial charge is 0.155 e. The number of aliphatic hydroxyl groups is 1. The van der Waals surface area contributed by atoms with Crippen molar-refractivity contribution in [1.82, 2.24) is 0 Å². The number of carbonyl (C=O) groups is 1. The number of ketones is 1. The first-order chi connectivity index (χ1) is 12.3. The molecule has 26 heavy (non-hydrogen) atoms. The molecule has 6 aliphatic rings. The van der Waals surface area contributed by atoms with Crippen LogP contribution in [0, 0.1) is 64.1 Å². The van der Waals surface area contributed by atoms with Crippen molar-refractivity contribution in [2.75, 3.05) is 0 Å². The van der Waals surface area contributed by atoms with E-state index in [-0.39, 0.29) is 10.8 Å². The maximum absolute atomic E-state index is 12.1. The van der Waals surface area contributed by atoms with Crippen LogP contribution in [0.1, 0.15) is 59.3 Å². The summed E-state index contributed by atoms with van der Waals surface area (Å²) in [5.41, 5.74) is 0.961. The van der Waals surface area contributed by atoms with E-state index in [1.165, 1.54) is 24.8 Å². The Morgan fingerprint density at radius 1 is 1.15 bits per heavy atom. The molecule has 6 rings (SSSR count). The summed E-state index contributed by atoms with van der Waals surface area (Å²) >= 11 is 0. The highest BCUT2D eigenvalue weighted by Crippen LogP contribution is 2.80. The van der Waals surface area contributed by atoms with Crippen molar-refractivity contribution >= 4 is 5.78 Å². The third-order valence-electron chi connectivity index (χ3n) is 10.0. The van der Waals surface area contributed by atoms with Crippen LogP contribution in [0.4, 0.5) is 0 Å². The molecule has 0 aliphatic heterocycles. The van der Waals surface area contributed by atoms with Crippen LogP contribution in [0.3, 0.4) is 0 Å². The standard InChI is InChI=1S/C24H30O2/c1-4-7-24(26)19-12-16(19)21-20-15-11-14(15)18-10-13(25)5-8-22(18,2)17(20)6-9-23(21,24)3/h10,14-17,19-21,26H,5-6,8-9,11-12H2,1-3H3. The molecule has 0 amide bonds. The van der Waals surface area contributed by atoms with Gasteiger partial charge in [0.2, 0.25) is 0 Å². The summed E-state index contributed by atoms with van der Waals surface area (Å²) in [6.07, 6.45) is 8.62. The summed E-state index contributed by atoms with van der Waals surface area (Å²) < 4.78 is 0. The maximum atomic E-state index is 12.1. The predicted molar refractivity (Wildman–Crippen MR) is 99.8 cm³/mol. The highest BCUT2D eigenvalue weighted by molar-refractivity contribution is 5.92.